The summed E-state index contributed by atoms with van der Waals surface area (Å²) < 4.78 is 0. The Kier molecular flexibility index (Phi) is 5.80. The van der Waals surface area contributed by atoms with Crippen molar-refractivity contribution in [2.75, 3.05) is 46.5 Å². The first-order valence-electron chi connectivity index (χ1n) is 7.34. The first kappa shape index (κ1) is 14.6. The predicted octanol–water partition coefficient (Wildman–Crippen LogP) is 1.50. The van der Waals surface area contributed by atoms with Crippen LogP contribution in [-0.4, -0.2) is 73.7 Å². The smallest absolute Gasteiger partial charge is 0.0345 e. The molecule has 0 spiro atoms. The molecule has 1 heterocycles. The molecule has 1 saturated carbocycles. The van der Waals surface area contributed by atoms with E-state index >= 15 is 0 Å². The average Bonchev–Trinajstić information content (AvgIpc) is 2.40. The molecule has 0 bridgehead atoms. The molecule has 2 fully saturated rings. The third-order valence-corrected chi connectivity index (χ3v) is 5.68. The lowest BCUT2D eigenvalue weighted by Gasteiger charge is -2.39. The summed E-state index contributed by atoms with van der Waals surface area (Å²) in [7, 11) is 4.51. The lowest BCUT2D eigenvalue weighted by molar-refractivity contribution is 0.110. The zero-order valence-corrected chi connectivity index (χ0v) is 13.0. The Bertz CT molecular complexity index is 249. The van der Waals surface area contributed by atoms with Gasteiger partial charge in [0.05, 0.1) is 0 Å². The number of piperazine rings is 1. The van der Waals surface area contributed by atoms with Gasteiger partial charge in [0.1, 0.15) is 0 Å². The minimum Gasteiger partial charge on any atom is -0.312 e. The van der Waals surface area contributed by atoms with Crippen molar-refractivity contribution >= 4 is 11.8 Å². The van der Waals surface area contributed by atoms with E-state index in [-0.39, 0.29) is 0 Å². The number of rotatable bonds is 4. The second kappa shape index (κ2) is 7.13. The molecule has 18 heavy (non-hydrogen) atoms. The minimum absolute atomic E-state index is 0.693. The third-order valence-electron chi connectivity index (χ3n) is 4.58. The number of hydrogen-bond donors (Lipinski definition) is 1. The normalized spacial score (nSPS) is 35.8. The fraction of sp³-hybridized carbons (Fsp3) is 1.00. The molecule has 4 heteroatoms. The molecule has 1 aliphatic heterocycles. The van der Waals surface area contributed by atoms with Crippen molar-refractivity contribution < 1.29 is 0 Å². The maximum Gasteiger partial charge on any atom is 0.0345 e. The Hall–Kier alpha value is 0.230. The van der Waals surface area contributed by atoms with E-state index < -0.39 is 0 Å². The molecule has 0 aromatic carbocycles. The second-order valence-corrected chi connectivity index (χ2v) is 7.16. The fourth-order valence-electron chi connectivity index (χ4n) is 3.17. The predicted molar refractivity (Wildman–Crippen MR) is 81.5 cm³/mol. The van der Waals surface area contributed by atoms with Gasteiger partial charge in [-0.3, -0.25) is 4.90 Å². The van der Waals surface area contributed by atoms with Crippen molar-refractivity contribution in [3.05, 3.63) is 0 Å². The van der Waals surface area contributed by atoms with Gasteiger partial charge in [0, 0.05) is 43.5 Å². The maximum absolute atomic E-state index is 3.82. The molecule has 0 amide bonds. The van der Waals surface area contributed by atoms with Crippen LogP contribution < -0.4 is 5.32 Å². The van der Waals surface area contributed by atoms with E-state index in [1.807, 2.05) is 0 Å². The number of hydrogen-bond acceptors (Lipinski definition) is 4. The average molecular weight is 271 g/mol. The van der Waals surface area contributed by atoms with Crippen LogP contribution in [0.3, 0.4) is 0 Å². The van der Waals surface area contributed by atoms with E-state index in [1.165, 1.54) is 45.3 Å². The van der Waals surface area contributed by atoms with E-state index in [2.05, 4.69) is 47.2 Å². The molecule has 3 nitrogen and oxygen atoms in total. The van der Waals surface area contributed by atoms with Gasteiger partial charge >= 0.3 is 0 Å². The van der Waals surface area contributed by atoms with Crippen molar-refractivity contribution in [1.29, 1.82) is 0 Å². The zero-order valence-electron chi connectivity index (χ0n) is 12.2. The lowest BCUT2D eigenvalue weighted by Crippen LogP contribution is -2.55. The van der Waals surface area contributed by atoms with Crippen molar-refractivity contribution in [3.8, 4) is 0 Å². The van der Waals surface area contributed by atoms with Gasteiger partial charge in [-0.15, -0.1) is 0 Å². The molecule has 0 aromatic heterocycles. The van der Waals surface area contributed by atoms with E-state index in [0.29, 0.717) is 6.04 Å². The van der Waals surface area contributed by atoms with Crippen molar-refractivity contribution in [2.24, 2.45) is 0 Å². The summed E-state index contributed by atoms with van der Waals surface area (Å²) in [6.45, 7) is 4.79. The molecule has 0 radical (unpaired) electrons. The van der Waals surface area contributed by atoms with Gasteiger partial charge in [0.15, 0.2) is 0 Å². The van der Waals surface area contributed by atoms with Gasteiger partial charge in [0.2, 0.25) is 0 Å². The molecular weight excluding hydrogens is 242 g/mol. The number of nitrogens with one attached hydrogen (secondary N) is 1. The molecule has 3 atom stereocenters. The lowest BCUT2D eigenvalue weighted by atomic mass is 9.94. The minimum atomic E-state index is 0.693. The molecule has 2 rings (SSSR count). The van der Waals surface area contributed by atoms with E-state index in [1.54, 1.807) is 0 Å². The summed E-state index contributed by atoms with van der Waals surface area (Å²) >= 11 is 2.05. The fourth-order valence-corrected chi connectivity index (χ4v) is 4.00. The summed E-state index contributed by atoms with van der Waals surface area (Å²) in [5.74, 6) is 0. The van der Waals surface area contributed by atoms with E-state index in [4.69, 9.17) is 0 Å². The molecule has 106 valence electrons. The van der Waals surface area contributed by atoms with Gasteiger partial charge in [0.25, 0.3) is 0 Å². The highest BCUT2D eigenvalue weighted by molar-refractivity contribution is 7.99. The Morgan fingerprint density at radius 1 is 1.22 bits per heavy atom. The second-order valence-electron chi connectivity index (χ2n) is 6.03. The Labute approximate surface area is 117 Å². The molecular formula is C14H29N3S. The largest absolute Gasteiger partial charge is 0.312 e. The summed E-state index contributed by atoms with van der Waals surface area (Å²) in [5.41, 5.74) is 0. The van der Waals surface area contributed by atoms with Crippen LogP contribution in [0.15, 0.2) is 0 Å². The van der Waals surface area contributed by atoms with Crippen molar-refractivity contribution in [1.82, 2.24) is 15.1 Å². The van der Waals surface area contributed by atoms with Gasteiger partial charge in [-0.1, -0.05) is 6.42 Å². The first-order valence-corrected chi connectivity index (χ1v) is 8.62. The van der Waals surface area contributed by atoms with E-state index in [0.717, 1.165) is 17.8 Å². The van der Waals surface area contributed by atoms with Crippen LogP contribution >= 0.6 is 11.8 Å². The maximum atomic E-state index is 3.82. The van der Waals surface area contributed by atoms with Crippen LogP contribution in [0.5, 0.6) is 0 Å². The van der Waals surface area contributed by atoms with Gasteiger partial charge in [-0.05, 0) is 39.6 Å². The summed E-state index contributed by atoms with van der Waals surface area (Å²) in [4.78, 5) is 4.97. The Balaban J connectivity index is 1.73. The molecule has 0 aromatic rings. The van der Waals surface area contributed by atoms with Crippen molar-refractivity contribution in [2.45, 2.75) is 43.0 Å². The van der Waals surface area contributed by atoms with Crippen LogP contribution in [0, 0.1) is 0 Å². The van der Waals surface area contributed by atoms with Crippen LogP contribution in [0.25, 0.3) is 0 Å². The van der Waals surface area contributed by atoms with Crippen LogP contribution in [0.2, 0.25) is 0 Å². The molecule has 1 aliphatic carbocycles. The highest BCUT2D eigenvalue weighted by atomic mass is 32.2. The van der Waals surface area contributed by atoms with Crippen LogP contribution in [0.4, 0.5) is 0 Å². The topological polar surface area (TPSA) is 18.5 Å². The summed E-state index contributed by atoms with van der Waals surface area (Å²) in [6.07, 6.45) is 7.84. The highest BCUT2D eigenvalue weighted by Crippen LogP contribution is 2.26. The number of thioether (sulfide) groups is 1. The molecule has 3 unspecified atom stereocenters. The van der Waals surface area contributed by atoms with Crippen molar-refractivity contribution in [3.63, 3.8) is 0 Å². The molecule has 2 aliphatic rings. The van der Waals surface area contributed by atoms with Crippen LogP contribution in [0.1, 0.15) is 25.7 Å². The third kappa shape index (κ3) is 4.12. The molecule has 1 saturated heterocycles. The Morgan fingerprint density at radius 2 is 2.06 bits per heavy atom. The summed E-state index contributed by atoms with van der Waals surface area (Å²) in [6, 6.07) is 1.45. The first-order chi connectivity index (χ1) is 8.69. The molecule has 1 N–H and O–H groups in total. The highest BCUT2D eigenvalue weighted by Gasteiger charge is 2.25. The van der Waals surface area contributed by atoms with Gasteiger partial charge in [-0.25, -0.2) is 0 Å². The quantitative estimate of drug-likeness (QED) is 0.835. The number of nitrogens with zero attached hydrogens (tertiary/aromatic N) is 2. The van der Waals surface area contributed by atoms with Crippen LogP contribution in [-0.2, 0) is 0 Å². The number of likely N-dealkylation sites (N-methyl/N-ethyl adjacent to an activating group) is 2. The Morgan fingerprint density at radius 3 is 2.83 bits per heavy atom. The van der Waals surface area contributed by atoms with Gasteiger partial charge in [-0.2, -0.15) is 11.8 Å². The van der Waals surface area contributed by atoms with Gasteiger partial charge < -0.3 is 10.2 Å². The SMILES string of the molecule is CSC1CCCC(NCC2CN(C)CCN2C)C1. The monoisotopic (exact) mass is 271 g/mol. The van der Waals surface area contributed by atoms with E-state index in [9.17, 15) is 0 Å². The summed E-state index contributed by atoms with van der Waals surface area (Å²) in [5, 5.41) is 4.72. The standard InChI is InChI=1S/C14H29N3S/c1-16-7-8-17(2)13(11-16)10-15-12-5-4-6-14(9-12)18-3/h12-15H,4-11H2,1-3H3. The zero-order chi connectivity index (χ0) is 13.0.